The van der Waals surface area contributed by atoms with Crippen molar-refractivity contribution in [2.75, 3.05) is 0 Å². The number of para-hydroxylation sites is 1. The largest absolute Gasteiger partial charge is 0.463 e. The van der Waals surface area contributed by atoms with Gasteiger partial charge in [0.2, 0.25) is 5.43 Å². The number of benzene rings is 1. The zero-order valence-electron chi connectivity index (χ0n) is 11.2. The van der Waals surface area contributed by atoms with Gasteiger partial charge in [-0.15, -0.1) is 0 Å². The third-order valence-corrected chi connectivity index (χ3v) is 3.01. The molecule has 22 heavy (non-hydrogen) atoms. The molecule has 1 aromatic carbocycles. The molecule has 0 atom stereocenters. The Morgan fingerprint density at radius 1 is 1.32 bits per heavy atom. The van der Waals surface area contributed by atoms with E-state index in [9.17, 15) is 14.0 Å². The maximum atomic E-state index is 13.6. The number of carbonyl (C=O) groups is 1. The van der Waals surface area contributed by atoms with Gasteiger partial charge >= 0.3 is 0 Å². The highest BCUT2D eigenvalue weighted by atomic mass is 19.1. The van der Waals surface area contributed by atoms with Crippen LogP contribution in [-0.4, -0.2) is 17.1 Å². The SMILES string of the molecule is O=C(N/N=C/c1ccco1)c1c[nH]c2c(F)cccc2c1=O. The molecule has 2 heterocycles. The summed E-state index contributed by atoms with van der Waals surface area (Å²) in [6.07, 6.45) is 3.92. The van der Waals surface area contributed by atoms with Gasteiger partial charge in [-0.25, -0.2) is 9.82 Å². The van der Waals surface area contributed by atoms with Gasteiger partial charge in [0.1, 0.15) is 17.1 Å². The van der Waals surface area contributed by atoms with E-state index < -0.39 is 17.2 Å². The molecule has 1 amide bonds. The summed E-state index contributed by atoms with van der Waals surface area (Å²) in [6.45, 7) is 0. The maximum absolute atomic E-state index is 13.6. The van der Waals surface area contributed by atoms with Crippen LogP contribution in [0.2, 0.25) is 0 Å². The molecule has 7 heteroatoms. The zero-order valence-corrected chi connectivity index (χ0v) is 11.2. The summed E-state index contributed by atoms with van der Waals surface area (Å²) < 4.78 is 18.6. The van der Waals surface area contributed by atoms with Crippen LogP contribution in [0.25, 0.3) is 10.9 Å². The fraction of sp³-hybridized carbons (Fsp3) is 0. The van der Waals surface area contributed by atoms with Crippen molar-refractivity contribution >= 4 is 23.0 Å². The van der Waals surface area contributed by atoms with E-state index in [0.717, 1.165) is 6.20 Å². The Labute approximate surface area is 123 Å². The predicted octanol–water partition coefficient (Wildman–Crippen LogP) is 2.02. The van der Waals surface area contributed by atoms with Gasteiger partial charge in [0.05, 0.1) is 18.0 Å². The number of fused-ring (bicyclic) bond motifs is 1. The lowest BCUT2D eigenvalue weighted by atomic mass is 10.1. The lowest BCUT2D eigenvalue weighted by Crippen LogP contribution is -2.25. The number of rotatable bonds is 3. The Hall–Kier alpha value is -3.22. The van der Waals surface area contributed by atoms with Gasteiger partial charge in [-0.3, -0.25) is 9.59 Å². The topological polar surface area (TPSA) is 87.5 Å². The van der Waals surface area contributed by atoms with Crippen LogP contribution in [0, 0.1) is 5.82 Å². The third kappa shape index (κ3) is 2.51. The number of nitrogens with one attached hydrogen (secondary N) is 2. The summed E-state index contributed by atoms with van der Waals surface area (Å²) >= 11 is 0. The molecule has 0 aliphatic carbocycles. The fourth-order valence-corrected chi connectivity index (χ4v) is 1.96. The van der Waals surface area contributed by atoms with Gasteiger partial charge < -0.3 is 9.40 Å². The highest BCUT2D eigenvalue weighted by molar-refractivity contribution is 5.97. The van der Waals surface area contributed by atoms with Gasteiger partial charge in [-0.1, -0.05) is 6.07 Å². The lowest BCUT2D eigenvalue weighted by Gasteiger charge is -2.02. The number of carbonyl (C=O) groups excluding carboxylic acids is 1. The second-order valence-electron chi connectivity index (χ2n) is 4.41. The number of pyridine rings is 1. The van der Waals surface area contributed by atoms with Crippen LogP contribution in [0.3, 0.4) is 0 Å². The molecule has 3 rings (SSSR count). The average molecular weight is 299 g/mol. The normalized spacial score (nSPS) is 11.1. The molecule has 0 aliphatic rings. The highest BCUT2D eigenvalue weighted by Gasteiger charge is 2.13. The minimum Gasteiger partial charge on any atom is -0.463 e. The number of amides is 1. The molecule has 0 unspecified atom stereocenters. The molecule has 6 nitrogen and oxygen atoms in total. The first kappa shape index (κ1) is 13.7. The van der Waals surface area contributed by atoms with E-state index in [4.69, 9.17) is 4.42 Å². The van der Waals surface area contributed by atoms with Gasteiger partial charge in [-0.05, 0) is 24.3 Å². The van der Waals surface area contributed by atoms with Crippen LogP contribution < -0.4 is 10.9 Å². The smallest absolute Gasteiger partial charge is 0.276 e. The average Bonchev–Trinajstić information content (AvgIpc) is 3.02. The van der Waals surface area contributed by atoms with E-state index >= 15 is 0 Å². The number of H-pyrrole nitrogens is 1. The summed E-state index contributed by atoms with van der Waals surface area (Å²) in [6, 6.07) is 7.41. The summed E-state index contributed by atoms with van der Waals surface area (Å²) in [7, 11) is 0. The first-order chi connectivity index (χ1) is 10.7. The molecule has 2 N–H and O–H groups in total. The van der Waals surface area contributed by atoms with Gasteiger partial charge in [0, 0.05) is 11.6 Å². The van der Waals surface area contributed by atoms with Crippen LogP contribution in [0.5, 0.6) is 0 Å². The van der Waals surface area contributed by atoms with Gasteiger partial charge in [-0.2, -0.15) is 5.10 Å². The summed E-state index contributed by atoms with van der Waals surface area (Å²) in [5.41, 5.74) is 1.54. The molecule has 0 bridgehead atoms. The molecule has 3 aromatic rings. The summed E-state index contributed by atoms with van der Waals surface area (Å²) in [4.78, 5) is 26.8. The molecule has 0 saturated heterocycles. The quantitative estimate of drug-likeness (QED) is 0.573. The van der Waals surface area contributed by atoms with E-state index in [-0.39, 0.29) is 16.5 Å². The highest BCUT2D eigenvalue weighted by Crippen LogP contribution is 2.11. The second kappa shape index (κ2) is 5.65. The van der Waals surface area contributed by atoms with Crippen molar-refractivity contribution in [3.8, 4) is 0 Å². The first-order valence-corrected chi connectivity index (χ1v) is 6.33. The molecule has 110 valence electrons. The van der Waals surface area contributed by atoms with E-state index in [1.807, 2.05) is 0 Å². The Kier molecular flexibility index (Phi) is 3.53. The number of halogens is 1. The van der Waals surface area contributed by atoms with Gasteiger partial charge in [0.15, 0.2) is 0 Å². The molecule has 0 spiro atoms. The van der Waals surface area contributed by atoms with E-state index in [2.05, 4.69) is 15.5 Å². The second-order valence-corrected chi connectivity index (χ2v) is 4.41. The van der Waals surface area contributed by atoms with Crippen molar-refractivity contribution in [2.45, 2.75) is 0 Å². The fourth-order valence-electron chi connectivity index (χ4n) is 1.96. The molecular weight excluding hydrogens is 289 g/mol. The Bertz CT molecular complexity index is 913. The molecule has 0 aliphatic heterocycles. The monoisotopic (exact) mass is 299 g/mol. The van der Waals surface area contributed by atoms with Crippen molar-refractivity contribution in [2.24, 2.45) is 5.10 Å². The zero-order chi connectivity index (χ0) is 15.5. The number of furan rings is 1. The van der Waals surface area contributed by atoms with Crippen molar-refractivity contribution in [3.05, 3.63) is 70.2 Å². The van der Waals surface area contributed by atoms with E-state index in [1.54, 1.807) is 12.1 Å². The Morgan fingerprint density at radius 3 is 2.95 bits per heavy atom. The number of hydrogen-bond donors (Lipinski definition) is 2. The van der Waals surface area contributed by atoms with Crippen LogP contribution in [0.1, 0.15) is 16.1 Å². The Balaban J connectivity index is 1.88. The predicted molar refractivity (Wildman–Crippen MR) is 78.3 cm³/mol. The van der Waals surface area contributed by atoms with Crippen LogP contribution >= 0.6 is 0 Å². The van der Waals surface area contributed by atoms with Gasteiger partial charge in [0.25, 0.3) is 5.91 Å². The van der Waals surface area contributed by atoms with Crippen molar-refractivity contribution < 1.29 is 13.6 Å². The summed E-state index contributed by atoms with van der Waals surface area (Å²) in [5.74, 6) is -0.803. The number of hydrazone groups is 1. The maximum Gasteiger partial charge on any atom is 0.276 e. The molecule has 2 aromatic heterocycles. The lowest BCUT2D eigenvalue weighted by molar-refractivity contribution is 0.0954. The number of aromatic amines is 1. The molecule has 0 fully saturated rings. The molecule has 0 saturated carbocycles. The van der Waals surface area contributed by atoms with Crippen LogP contribution in [-0.2, 0) is 0 Å². The number of aromatic nitrogens is 1. The third-order valence-electron chi connectivity index (χ3n) is 3.01. The number of hydrogen-bond acceptors (Lipinski definition) is 4. The van der Waals surface area contributed by atoms with Crippen LogP contribution in [0.15, 0.2) is 57.1 Å². The van der Waals surface area contributed by atoms with Crippen molar-refractivity contribution in [3.63, 3.8) is 0 Å². The first-order valence-electron chi connectivity index (χ1n) is 6.33. The Morgan fingerprint density at radius 2 is 2.18 bits per heavy atom. The van der Waals surface area contributed by atoms with Crippen LogP contribution in [0.4, 0.5) is 4.39 Å². The van der Waals surface area contributed by atoms with Crippen molar-refractivity contribution in [1.29, 1.82) is 0 Å². The van der Waals surface area contributed by atoms with Crippen molar-refractivity contribution in [1.82, 2.24) is 10.4 Å². The van der Waals surface area contributed by atoms with E-state index in [1.165, 1.54) is 30.7 Å². The minimum absolute atomic E-state index is 0.0585. The number of nitrogens with zero attached hydrogens (tertiary/aromatic N) is 1. The minimum atomic E-state index is -0.699. The standard InChI is InChI=1S/C15H10FN3O3/c16-12-5-1-4-10-13(12)17-8-11(14(10)20)15(21)19-18-7-9-3-2-6-22-9/h1-8H,(H,17,20)(H,19,21)/b18-7+. The molecule has 0 radical (unpaired) electrons. The summed E-state index contributed by atoms with van der Waals surface area (Å²) in [5, 5.41) is 3.78. The molecular formula is C15H10FN3O3. The van der Waals surface area contributed by atoms with E-state index in [0.29, 0.717) is 5.76 Å².